The number of aliphatic carboxylic acids is 1. The number of aliphatic hydroxyl groups excluding tert-OH is 10. The molecule has 44 heteroatoms. The molecule has 42 nitrogen and oxygen atoms in total. The molecule has 1 unspecified atom stereocenters. The van der Waals surface area contributed by atoms with E-state index in [0.29, 0.717) is 18.8 Å². The van der Waals surface area contributed by atoms with Crippen molar-refractivity contribution in [1.82, 2.24) is 42.5 Å². The minimum absolute atomic E-state index is 0.0270. The number of hydrogen-bond donors (Lipinski definition) is 24. The quantitative estimate of drug-likeness (QED) is 0.0480. The van der Waals surface area contributed by atoms with Gasteiger partial charge < -0.3 is 167 Å². The molecule has 7 aromatic rings. The molecule has 7 aromatic carbocycles. The van der Waals surface area contributed by atoms with E-state index >= 15 is 24.0 Å². The number of rotatable bonds is 20. The van der Waals surface area contributed by atoms with E-state index in [1.54, 1.807) is 0 Å². The van der Waals surface area contributed by atoms with Gasteiger partial charge in [-0.3, -0.25) is 38.4 Å². The molecular formula is C89H99Cl2N9O33. The number of fused-ring (bicyclic) bond motifs is 14. The third kappa shape index (κ3) is 21.3. The molecule has 0 radical (unpaired) electrons. The lowest BCUT2D eigenvalue weighted by Crippen LogP contribution is -2.65. The predicted octanol–water partition coefficient (Wildman–Crippen LogP) is 1.41. The Morgan fingerprint density at radius 1 is 0.496 bits per heavy atom. The molecule has 9 aliphatic rings. The summed E-state index contributed by atoms with van der Waals surface area (Å²) in [7, 11) is 0. The summed E-state index contributed by atoms with van der Waals surface area (Å²) in [5, 5.41) is 190. The Hall–Kier alpha value is -12.0. The number of amides is 8. The van der Waals surface area contributed by atoms with E-state index < -0.39 is 316 Å². The Balaban J connectivity index is 1.03. The monoisotopic (exact) mass is 1890 g/mol. The van der Waals surface area contributed by atoms with Crippen LogP contribution in [0.25, 0.3) is 11.1 Å². The Morgan fingerprint density at radius 3 is 1.68 bits per heavy atom. The second kappa shape index (κ2) is 41.2. The molecular weight excluding hydrogens is 1790 g/mol. The van der Waals surface area contributed by atoms with Crippen LogP contribution in [0.2, 0.25) is 10.0 Å². The van der Waals surface area contributed by atoms with E-state index in [4.69, 9.17) is 71.6 Å². The highest BCUT2D eigenvalue weighted by atomic mass is 35.5. The Labute approximate surface area is 766 Å². The van der Waals surface area contributed by atoms with Gasteiger partial charge in [-0.15, -0.1) is 0 Å². The van der Waals surface area contributed by atoms with Gasteiger partial charge in [0.15, 0.2) is 35.3 Å². The molecule has 133 heavy (non-hydrogen) atoms. The molecule has 0 aliphatic carbocycles. The number of nitrogens with one attached hydrogen (secondary N) is 8. The van der Waals surface area contributed by atoms with E-state index in [9.17, 15) is 95.8 Å². The predicted molar refractivity (Wildman–Crippen MR) is 458 cm³/mol. The van der Waals surface area contributed by atoms with Gasteiger partial charge >= 0.3 is 5.97 Å². The summed E-state index contributed by atoms with van der Waals surface area (Å²) in [6.45, 7) is 2.03. The van der Waals surface area contributed by atoms with E-state index in [-0.39, 0.29) is 39.8 Å². The Morgan fingerprint density at radius 2 is 1.05 bits per heavy atom. The number of nitrogens with two attached hydrogens (primary N) is 1. The van der Waals surface area contributed by atoms with E-state index in [1.165, 1.54) is 30.3 Å². The average molecular weight is 1890 g/mol. The first-order valence-electron chi connectivity index (χ1n) is 42.5. The number of carbonyl (C=O) groups is 9. The number of unbranched alkanes of at least 4 members (excludes halogenated alkanes) is 4. The maximum absolute atomic E-state index is 17.0. The number of halogens is 2. The molecule has 8 amide bonds. The van der Waals surface area contributed by atoms with Crippen molar-refractivity contribution in [3.63, 3.8) is 0 Å². The second-order valence-corrected chi connectivity index (χ2v) is 34.4. The molecule has 0 aromatic heterocycles. The zero-order valence-electron chi connectivity index (χ0n) is 71.0. The second-order valence-electron chi connectivity index (χ2n) is 33.5. The van der Waals surface area contributed by atoms with Crippen molar-refractivity contribution in [1.29, 1.82) is 0 Å². The maximum atomic E-state index is 17.0. The zero-order chi connectivity index (χ0) is 95.6. The summed E-state index contributed by atoms with van der Waals surface area (Å²) < 4.78 is 57.5. The van der Waals surface area contributed by atoms with E-state index in [1.807, 2.05) is 0 Å². The number of phenolic OH excluding ortho intramolecular Hbond substituents is 4. The molecule has 712 valence electrons. The number of aliphatic hydroxyl groups is 10. The van der Waals surface area contributed by atoms with Gasteiger partial charge in [0, 0.05) is 48.6 Å². The summed E-state index contributed by atoms with van der Waals surface area (Å²) in [5.74, 6) is -19.1. The van der Waals surface area contributed by atoms with Crippen LogP contribution in [0.4, 0.5) is 0 Å². The summed E-state index contributed by atoms with van der Waals surface area (Å²) >= 11 is 14.7. The van der Waals surface area contributed by atoms with E-state index in [0.717, 1.165) is 118 Å². The SMILES string of the molecule is CC(=O)N[C@H]1[C@H](O[C@@H]2c3ccc(c(Cl)c3)Oc3cc4cc(c3O[C@@H]3O[C@@H](CO)[C@H](O)[C@@H](O)[C@@H]3NC(=O)CCCCCCCC(C)C)Oc3ccc(cc3Cl)C[C@H]3NC(=O)[C@H](N)c5ccc(O)c(c5)Oc5cc(O)cc(c5)[C@H](NC3=O)C(=O)N[C@H]4C(=O)N[C@H]3C(=O)N[C@@H]2C(=O)NC(C(=O)O)c2cc(O)cc(O[C@H]4O[C@H](CO)[C@@H](O)[C@H](O)[C@@H]4O)c2-c2cc3ccc2O)O[C@H](CO)[C@@H](O)[C@@H]1O. The molecule has 0 spiro atoms. The molecule has 23 atom stereocenters. The number of carboxylic acid groups (broad SMARTS) is 1. The van der Waals surface area contributed by atoms with Gasteiger partial charge in [0.25, 0.3) is 0 Å². The number of benzene rings is 7. The molecule has 25 N–H and O–H groups in total. The molecule has 3 saturated heterocycles. The van der Waals surface area contributed by atoms with Gasteiger partial charge in [-0.05, 0) is 125 Å². The summed E-state index contributed by atoms with van der Waals surface area (Å²) in [6.07, 6.45) is -24.9. The van der Waals surface area contributed by atoms with Crippen molar-refractivity contribution in [3.05, 3.63) is 164 Å². The van der Waals surface area contributed by atoms with Crippen molar-refractivity contribution in [2.24, 2.45) is 11.7 Å². The molecule has 3 fully saturated rings. The number of hydrogen-bond acceptors (Lipinski definition) is 33. The number of carboxylic acids is 1. The van der Waals surface area contributed by atoms with Crippen LogP contribution >= 0.6 is 23.2 Å². The van der Waals surface area contributed by atoms with Gasteiger partial charge in [-0.1, -0.05) is 93.4 Å². The van der Waals surface area contributed by atoms with Crippen LogP contribution in [0, 0.1) is 5.92 Å². The fraction of sp³-hybridized carbons (Fsp3) is 0.427. The first-order chi connectivity index (χ1) is 63.4. The maximum Gasteiger partial charge on any atom is 0.330 e. The summed E-state index contributed by atoms with van der Waals surface area (Å²) in [6, 6.07) is 0.677. The van der Waals surface area contributed by atoms with Crippen molar-refractivity contribution >= 4 is 76.4 Å². The number of aromatic hydroxyl groups is 4. The minimum Gasteiger partial charge on any atom is -0.508 e. The molecule has 16 rings (SSSR count). The van der Waals surface area contributed by atoms with Crippen molar-refractivity contribution in [3.8, 4) is 80.1 Å². The minimum atomic E-state index is -2.59. The molecule has 9 heterocycles. The number of carbonyl (C=O) groups excluding carboxylic acids is 8. The normalized spacial score (nSPS) is 28.8. The smallest absolute Gasteiger partial charge is 0.330 e. The van der Waals surface area contributed by atoms with Crippen LogP contribution in [0.5, 0.6) is 69.0 Å². The third-order valence-corrected chi connectivity index (χ3v) is 24.2. The highest BCUT2D eigenvalue weighted by Crippen LogP contribution is 2.51. The summed E-state index contributed by atoms with van der Waals surface area (Å²) in [4.78, 5) is 138. The lowest BCUT2D eigenvalue weighted by molar-refractivity contribution is -0.284. The van der Waals surface area contributed by atoms with E-state index in [2.05, 4.69) is 56.4 Å². The van der Waals surface area contributed by atoms with Gasteiger partial charge in [-0.2, -0.15) is 0 Å². The average Bonchev–Trinajstić information content (AvgIpc) is 0.755. The fourth-order valence-corrected chi connectivity index (χ4v) is 17.1. The van der Waals surface area contributed by atoms with Gasteiger partial charge in [0.05, 0.1) is 29.9 Å². The lowest BCUT2D eigenvalue weighted by Gasteiger charge is -2.44. The van der Waals surface area contributed by atoms with Crippen LogP contribution < -0.4 is 72.0 Å². The van der Waals surface area contributed by atoms with Gasteiger partial charge in [0.2, 0.25) is 65.6 Å². The molecule has 17 bridgehead atoms. The zero-order valence-corrected chi connectivity index (χ0v) is 72.5. The van der Waals surface area contributed by atoms with Crippen molar-refractivity contribution in [2.45, 2.75) is 213 Å². The van der Waals surface area contributed by atoms with Crippen LogP contribution in [-0.4, -0.2) is 254 Å². The largest absolute Gasteiger partial charge is 0.508 e. The molecule has 9 aliphatic heterocycles. The molecule has 0 saturated carbocycles. The highest BCUT2D eigenvalue weighted by Gasteiger charge is 2.52. The number of ether oxygens (including phenoxy) is 9. The number of phenols is 4. The van der Waals surface area contributed by atoms with Crippen LogP contribution in [0.3, 0.4) is 0 Å². The van der Waals surface area contributed by atoms with Crippen LogP contribution in [0.15, 0.2) is 115 Å². The van der Waals surface area contributed by atoms with Crippen LogP contribution in [-0.2, 0) is 68.5 Å². The first kappa shape index (κ1) is 97.0. The third-order valence-electron chi connectivity index (χ3n) is 23.6. The fourth-order valence-electron chi connectivity index (χ4n) is 16.6. The highest BCUT2D eigenvalue weighted by molar-refractivity contribution is 6.32. The first-order valence-corrected chi connectivity index (χ1v) is 43.2. The topological polar surface area (TPSA) is 662 Å². The lowest BCUT2D eigenvalue weighted by atomic mass is 9.89. The van der Waals surface area contributed by atoms with Crippen LogP contribution in [0.1, 0.15) is 141 Å². The van der Waals surface area contributed by atoms with Crippen molar-refractivity contribution < 1.29 is 162 Å². The Bertz CT molecular complexity index is 5580. The van der Waals surface area contributed by atoms with Gasteiger partial charge in [-0.25, -0.2) is 4.79 Å². The summed E-state index contributed by atoms with van der Waals surface area (Å²) in [5.41, 5.74) is 2.80. The Kier molecular flexibility index (Phi) is 30.0. The van der Waals surface area contributed by atoms with Gasteiger partial charge in [0.1, 0.15) is 156 Å². The standard InChI is InChI=1S/C89H99Cl2N9O33/c1-34(2)9-7-5-4-6-8-10-61(109)95-69-75(114)72(111)59(32-102)130-88(69)133-79-56-26-41-27-57(79)127-53-18-14-39(24-48(53)91)78(132-87-68(93-35(3)104)74(113)71(110)58(31-101)129-87)70-85(122)99-67(86(123)124)46-29-43(106)30-55(128-89-77(116)76(115)73(112)60(33-103)131-89)62(46)45-23-38(13-15-50(45)107)64(82(119)100-70)97-84(121)66(41)98-83(120)65-40-21-42(105)28-44(22-40)125-54-25-37(12-16-51(54)108)63(92)81(118)94-49(80(117)96-65)20-36-11-17-52(126-56)47(90)19-36/h11-19,21-30,34,49,58-60,63-78,87-89,101-103,105-108,110-116H,4-10,20,31-33,92H2,1-3H3,(H,93,104)(H,94,118)(H,95,109)(H,96,117)(H,97,121)(H,98,120)(H,99,122)(H,100,119)(H,123,124)/t49-,58-,59+,60-,63-,64-,65+,66-,67?,68-,69+,70+,71-,72+,73-,74-,75+,76+,77+,78-,87+,88+,89+/m1/s1. The van der Waals surface area contributed by atoms with Crippen molar-refractivity contribution in [2.75, 3.05) is 19.8 Å².